The van der Waals surface area contributed by atoms with Crippen molar-refractivity contribution in [3.8, 4) is 5.75 Å². The Morgan fingerprint density at radius 3 is 2.48 bits per heavy atom. The van der Waals surface area contributed by atoms with Crippen LogP contribution in [0.4, 0.5) is 0 Å². The van der Waals surface area contributed by atoms with Crippen molar-refractivity contribution < 1.29 is 9.53 Å². The number of nitrogens with two attached hydrogens (primary N) is 1. The normalized spacial score (nSPS) is 26.4. The van der Waals surface area contributed by atoms with Crippen LogP contribution in [0.3, 0.4) is 0 Å². The Morgan fingerprint density at radius 2 is 1.95 bits per heavy atom. The van der Waals surface area contributed by atoms with E-state index in [4.69, 9.17) is 10.5 Å². The second-order valence-corrected chi connectivity index (χ2v) is 6.30. The van der Waals surface area contributed by atoms with Crippen LogP contribution in [0.2, 0.25) is 0 Å². The molecule has 1 aromatic rings. The van der Waals surface area contributed by atoms with E-state index < -0.39 is 0 Å². The summed E-state index contributed by atoms with van der Waals surface area (Å²) in [5.41, 5.74) is 7.21. The highest BCUT2D eigenvalue weighted by Gasteiger charge is 2.37. The van der Waals surface area contributed by atoms with Crippen molar-refractivity contribution in [2.45, 2.75) is 44.2 Å². The second-order valence-electron chi connectivity index (χ2n) is 6.30. The average molecular weight is 288 g/mol. The van der Waals surface area contributed by atoms with E-state index in [2.05, 4.69) is 17.4 Å². The lowest BCUT2D eigenvalue weighted by molar-refractivity contribution is -0.126. The third kappa shape index (κ3) is 3.21. The fourth-order valence-corrected chi connectivity index (χ4v) is 3.29. The van der Waals surface area contributed by atoms with Gasteiger partial charge in [0.25, 0.3) is 0 Å². The minimum atomic E-state index is -0.00972. The lowest BCUT2D eigenvalue weighted by atomic mass is 9.98. The van der Waals surface area contributed by atoms with Crippen LogP contribution >= 0.6 is 0 Å². The largest absolute Gasteiger partial charge is 0.497 e. The molecule has 0 aromatic heterocycles. The molecule has 0 heterocycles. The monoisotopic (exact) mass is 288 g/mol. The predicted molar refractivity (Wildman–Crippen MR) is 81.9 cm³/mol. The molecule has 3 rings (SSSR count). The summed E-state index contributed by atoms with van der Waals surface area (Å²) >= 11 is 0. The topological polar surface area (TPSA) is 64.3 Å². The summed E-state index contributed by atoms with van der Waals surface area (Å²) in [6, 6.07) is 8.17. The molecule has 0 saturated heterocycles. The van der Waals surface area contributed by atoms with Crippen LogP contribution in [0.25, 0.3) is 0 Å². The summed E-state index contributed by atoms with van der Waals surface area (Å²) in [5, 5.41) is 3.25. The quantitative estimate of drug-likeness (QED) is 0.874. The lowest BCUT2D eigenvalue weighted by Crippen LogP contribution is -2.40. The fraction of sp³-hybridized carbons (Fsp3) is 0.588. The van der Waals surface area contributed by atoms with Crippen LogP contribution < -0.4 is 15.8 Å². The first-order valence-electron chi connectivity index (χ1n) is 7.89. The van der Waals surface area contributed by atoms with Crippen LogP contribution in [-0.4, -0.2) is 19.1 Å². The third-order valence-electron chi connectivity index (χ3n) is 4.77. The van der Waals surface area contributed by atoms with Crippen molar-refractivity contribution in [2.75, 3.05) is 7.11 Å². The third-order valence-corrected chi connectivity index (χ3v) is 4.77. The maximum atomic E-state index is 12.5. The standard InChI is InChI=1S/C17H24N2O2/c1-21-13-9-7-12(8-10-13)16(11-5-6-11)19-17(20)14-3-2-4-15(14)18/h7-11,14-16H,2-6,18H2,1H3,(H,19,20). The van der Waals surface area contributed by atoms with Crippen molar-refractivity contribution in [3.63, 3.8) is 0 Å². The Labute approximate surface area is 126 Å². The Hall–Kier alpha value is -1.55. The van der Waals surface area contributed by atoms with Gasteiger partial charge in [0.1, 0.15) is 5.75 Å². The van der Waals surface area contributed by atoms with Gasteiger partial charge in [0.15, 0.2) is 0 Å². The van der Waals surface area contributed by atoms with Gasteiger partial charge in [0.2, 0.25) is 5.91 Å². The highest BCUT2D eigenvalue weighted by Crippen LogP contribution is 2.41. The molecule has 0 aliphatic heterocycles. The Balaban J connectivity index is 1.70. The van der Waals surface area contributed by atoms with Crippen LogP contribution in [0, 0.1) is 11.8 Å². The summed E-state index contributed by atoms with van der Waals surface area (Å²) in [6.07, 6.45) is 5.33. The molecule has 2 aliphatic rings. The van der Waals surface area contributed by atoms with Crippen molar-refractivity contribution >= 4 is 5.91 Å². The predicted octanol–water partition coefficient (Wildman–Crippen LogP) is 2.39. The number of benzene rings is 1. The van der Waals surface area contributed by atoms with Crippen LogP contribution in [0.5, 0.6) is 5.75 Å². The van der Waals surface area contributed by atoms with Gasteiger partial charge in [-0.25, -0.2) is 0 Å². The molecular weight excluding hydrogens is 264 g/mol. The van der Waals surface area contributed by atoms with Gasteiger partial charge in [0.05, 0.1) is 19.1 Å². The summed E-state index contributed by atoms with van der Waals surface area (Å²) in [6.45, 7) is 0. The second kappa shape index (κ2) is 6.06. The first kappa shape index (κ1) is 14.4. The summed E-state index contributed by atoms with van der Waals surface area (Å²) in [7, 11) is 1.66. The smallest absolute Gasteiger partial charge is 0.225 e. The number of methoxy groups -OCH3 is 1. The molecule has 1 amide bonds. The number of carbonyl (C=O) groups is 1. The van der Waals surface area contributed by atoms with Gasteiger partial charge in [-0.15, -0.1) is 0 Å². The Morgan fingerprint density at radius 1 is 1.24 bits per heavy atom. The van der Waals surface area contributed by atoms with Gasteiger partial charge in [-0.3, -0.25) is 4.79 Å². The zero-order valence-corrected chi connectivity index (χ0v) is 12.5. The van der Waals surface area contributed by atoms with E-state index in [0.29, 0.717) is 5.92 Å². The number of amides is 1. The van der Waals surface area contributed by atoms with Crippen molar-refractivity contribution in [3.05, 3.63) is 29.8 Å². The van der Waals surface area contributed by atoms with E-state index in [0.717, 1.165) is 25.0 Å². The molecule has 21 heavy (non-hydrogen) atoms. The van der Waals surface area contributed by atoms with Gasteiger partial charge in [0, 0.05) is 6.04 Å². The van der Waals surface area contributed by atoms with Crippen molar-refractivity contribution in [1.82, 2.24) is 5.32 Å². The number of hydrogen-bond donors (Lipinski definition) is 2. The highest BCUT2D eigenvalue weighted by molar-refractivity contribution is 5.80. The molecule has 0 radical (unpaired) electrons. The molecule has 2 fully saturated rings. The average Bonchev–Trinajstić information content (AvgIpc) is 3.26. The van der Waals surface area contributed by atoms with Crippen LogP contribution in [-0.2, 0) is 4.79 Å². The first-order valence-corrected chi connectivity index (χ1v) is 7.89. The summed E-state index contributed by atoms with van der Waals surface area (Å²) in [5.74, 6) is 1.54. The molecular formula is C17H24N2O2. The number of nitrogens with one attached hydrogen (secondary N) is 1. The maximum absolute atomic E-state index is 12.5. The lowest BCUT2D eigenvalue weighted by Gasteiger charge is -2.23. The molecule has 3 N–H and O–H groups in total. The van der Waals surface area contributed by atoms with E-state index in [1.165, 1.54) is 18.4 Å². The number of ether oxygens (including phenoxy) is 1. The van der Waals surface area contributed by atoms with E-state index in [-0.39, 0.29) is 23.9 Å². The van der Waals surface area contributed by atoms with Gasteiger partial charge in [-0.1, -0.05) is 18.6 Å². The molecule has 114 valence electrons. The van der Waals surface area contributed by atoms with Crippen LogP contribution in [0.1, 0.15) is 43.7 Å². The van der Waals surface area contributed by atoms with Crippen LogP contribution in [0.15, 0.2) is 24.3 Å². The van der Waals surface area contributed by atoms with Gasteiger partial charge in [-0.05, 0) is 49.3 Å². The Bertz CT molecular complexity index is 496. The van der Waals surface area contributed by atoms with E-state index >= 15 is 0 Å². The fourth-order valence-electron chi connectivity index (χ4n) is 3.29. The zero-order valence-electron chi connectivity index (χ0n) is 12.5. The van der Waals surface area contributed by atoms with Crippen molar-refractivity contribution in [2.24, 2.45) is 17.6 Å². The van der Waals surface area contributed by atoms with E-state index in [9.17, 15) is 4.79 Å². The molecule has 4 nitrogen and oxygen atoms in total. The molecule has 3 atom stereocenters. The minimum absolute atomic E-state index is 0.00972. The van der Waals surface area contributed by atoms with Crippen molar-refractivity contribution in [1.29, 1.82) is 0 Å². The molecule has 0 spiro atoms. The highest BCUT2D eigenvalue weighted by atomic mass is 16.5. The number of carbonyl (C=O) groups excluding carboxylic acids is 1. The summed E-state index contributed by atoms with van der Waals surface area (Å²) in [4.78, 5) is 12.5. The van der Waals surface area contributed by atoms with Gasteiger partial charge in [-0.2, -0.15) is 0 Å². The minimum Gasteiger partial charge on any atom is -0.497 e. The van der Waals surface area contributed by atoms with E-state index in [1.54, 1.807) is 7.11 Å². The number of rotatable bonds is 5. The van der Waals surface area contributed by atoms with Gasteiger partial charge >= 0.3 is 0 Å². The molecule has 1 aromatic carbocycles. The molecule has 3 unspecified atom stereocenters. The Kier molecular flexibility index (Phi) is 4.15. The SMILES string of the molecule is COc1ccc(C(NC(=O)C2CCCC2N)C2CC2)cc1. The summed E-state index contributed by atoms with van der Waals surface area (Å²) < 4.78 is 5.20. The maximum Gasteiger partial charge on any atom is 0.225 e. The molecule has 2 saturated carbocycles. The van der Waals surface area contributed by atoms with E-state index in [1.807, 2.05) is 12.1 Å². The first-order chi connectivity index (χ1) is 10.2. The molecule has 0 bridgehead atoms. The molecule has 2 aliphatic carbocycles. The zero-order chi connectivity index (χ0) is 14.8. The molecule has 4 heteroatoms. The van der Waals surface area contributed by atoms with Gasteiger partial charge < -0.3 is 15.8 Å². The number of hydrogen-bond acceptors (Lipinski definition) is 3.